The number of unbranched alkanes of at least 4 members (excludes halogenated alkanes) is 12. The summed E-state index contributed by atoms with van der Waals surface area (Å²) < 4.78 is 14.9. The van der Waals surface area contributed by atoms with E-state index in [-0.39, 0.29) is 18.3 Å². The average molecular weight is 909 g/mol. The molecule has 0 spiro atoms. The lowest BCUT2D eigenvalue weighted by molar-refractivity contribution is 0.00578. The third-order valence-electron chi connectivity index (χ3n) is 12.2. The van der Waals surface area contributed by atoms with E-state index < -0.39 is 0 Å². The Morgan fingerprint density at radius 2 is 0.948 bits per heavy atom. The number of benzene rings is 2. The second-order valence-electron chi connectivity index (χ2n) is 20.9. The maximum Gasteiger partial charge on any atom is 0.487 e. The first kappa shape index (κ1) is 52.8. The van der Waals surface area contributed by atoms with Crippen LogP contribution in [0.4, 0.5) is 0 Å². The van der Waals surface area contributed by atoms with Crippen LogP contribution in [0.25, 0.3) is 11.1 Å². The van der Waals surface area contributed by atoms with Gasteiger partial charge < -0.3 is 9.31 Å². The molecule has 0 aromatic heterocycles. The largest absolute Gasteiger partial charge is 0.487 e. The molecule has 3 rings (SSSR count). The Labute approximate surface area is 375 Å². The summed E-state index contributed by atoms with van der Waals surface area (Å²) in [4.78, 5) is 0. The van der Waals surface area contributed by atoms with E-state index in [1.54, 1.807) is 0 Å². The fourth-order valence-corrected chi connectivity index (χ4v) is 8.39. The second kappa shape index (κ2) is 27.6. The summed E-state index contributed by atoms with van der Waals surface area (Å²) in [5, 5.41) is 0. The Hall–Kier alpha value is -1.37. The minimum Gasteiger partial charge on any atom is -0.400 e. The van der Waals surface area contributed by atoms with E-state index in [0.29, 0.717) is 10.8 Å². The lowest BCUT2D eigenvalue weighted by Gasteiger charge is -2.32. The molecule has 1 aliphatic rings. The first-order valence-electron chi connectivity index (χ1n) is 23.9. The molecule has 0 radical (unpaired) electrons. The Morgan fingerprint density at radius 3 is 1.36 bits per heavy atom. The number of rotatable bonds is 25. The van der Waals surface area contributed by atoms with Crippen LogP contribution < -0.4 is 0 Å². The fraction of sp³-hybridized carbons (Fsp3) is 0.704. The normalized spacial score (nSPS) is 15.8. The van der Waals surface area contributed by atoms with Crippen molar-refractivity contribution in [1.82, 2.24) is 0 Å². The summed E-state index contributed by atoms with van der Waals surface area (Å²) in [7, 11) is -0.276. The minimum absolute atomic E-state index is 0.276. The number of hydrogen-bond donors (Lipinski definition) is 0. The molecule has 4 heteroatoms. The van der Waals surface area contributed by atoms with Crippen molar-refractivity contribution in [1.29, 1.82) is 0 Å². The molecule has 0 amide bonds. The van der Waals surface area contributed by atoms with Crippen LogP contribution in [-0.4, -0.2) is 18.3 Å². The molecule has 0 N–H and O–H groups in total. The number of halogens is 1. The Balaban J connectivity index is 0.000000416. The molecule has 58 heavy (non-hydrogen) atoms. The predicted octanol–water partition coefficient (Wildman–Crippen LogP) is 18.2. The molecule has 328 valence electrons. The van der Waals surface area contributed by atoms with E-state index in [0.717, 1.165) is 12.8 Å². The Kier molecular flexibility index (Phi) is 25.1. The highest BCUT2D eigenvalue weighted by Crippen LogP contribution is 2.38. The molecular formula is C54H90BIO2. The zero-order chi connectivity index (χ0) is 43.1. The molecule has 2 aromatic rings. The van der Waals surface area contributed by atoms with E-state index in [2.05, 4.69) is 164 Å². The van der Waals surface area contributed by atoms with Gasteiger partial charge in [-0.2, -0.15) is 0 Å². The molecule has 0 saturated carbocycles. The summed E-state index contributed by atoms with van der Waals surface area (Å²) >= 11 is 2.42. The zero-order valence-electron chi connectivity index (χ0n) is 40.1. The molecule has 2 aromatic carbocycles. The molecule has 0 unspecified atom stereocenters. The maximum absolute atomic E-state index is 6.31. The Bertz CT molecular complexity index is 1440. The van der Waals surface area contributed by atoms with Gasteiger partial charge in [-0.3, -0.25) is 0 Å². The summed E-state index contributed by atoms with van der Waals surface area (Å²) in [6, 6.07) is 18.5. The predicted molar refractivity (Wildman–Crippen MR) is 269 cm³/mol. The third-order valence-corrected chi connectivity index (χ3v) is 13.0. The highest BCUT2D eigenvalue weighted by Gasteiger charge is 2.50. The molecule has 1 aliphatic heterocycles. The van der Waals surface area contributed by atoms with Crippen molar-refractivity contribution >= 4 is 40.9 Å². The van der Waals surface area contributed by atoms with Crippen molar-refractivity contribution in [3.05, 3.63) is 80.8 Å². The van der Waals surface area contributed by atoms with Crippen LogP contribution >= 0.6 is 22.6 Å². The van der Waals surface area contributed by atoms with Gasteiger partial charge in [0.1, 0.15) is 0 Å². The molecular weight excluding hydrogens is 818 g/mol. The number of allylic oxidation sites excluding steroid dienone is 2. The minimum atomic E-state index is -0.296. The van der Waals surface area contributed by atoms with Crippen molar-refractivity contribution < 1.29 is 9.31 Å². The SMILES string of the molecule is CCCCCCC/C(=C\B1OC(C)(C)C(C)(C)O1)c1cccc(CCCCCC(C)(C)C)c1.CCCCCCC/C(=C\I)c1cccc(CCCCCC(C)(C)C)c1. The lowest BCUT2D eigenvalue weighted by Crippen LogP contribution is -2.41. The van der Waals surface area contributed by atoms with Crippen molar-refractivity contribution in [2.45, 2.75) is 236 Å². The van der Waals surface area contributed by atoms with Gasteiger partial charge >= 0.3 is 7.12 Å². The third kappa shape index (κ3) is 22.5. The first-order valence-corrected chi connectivity index (χ1v) is 25.2. The molecule has 1 heterocycles. The monoisotopic (exact) mass is 909 g/mol. The molecule has 0 atom stereocenters. The van der Waals surface area contributed by atoms with E-state index >= 15 is 0 Å². The van der Waals surface area contributed by atoms with Gasteiger partial charge in [0.2, 0.25) is 0 Å². The summed E-state index contributed by atoms with van der Waals surface area (Å²) in [6.07, 6.45) is 28.6. The first-order chi connectivity index (χ1) is 27.4. The molecule has 1 saturated heterocycles. The Morgan fingerprint density at radius 1 is 0.552 bits per heavy atom. The van der Waals surface area contributed by atoms with Crippen molar-refractivity contribution in [3.63, 3.8) is 0 Å². The van der Waals surface area contributed by atoms with Gasteiger partial charge in [-0.05, 0) is 140 Å². The summed E-state index contributed by atoms with van der Waals surface area (Å²) in [5.74, 6) is 2.25. The van der Waals surface area contributed by atoms with Crippen molar-refractivity contribution in [2.75, 3.05) is 0 Å². The van der Waals surface area contributed by atoms with E-state index in [1.165, 1.54) is 162 Å². The summed E-state index contributed by atoms with van der Waals surface area (Å²) in [6.45, 7) is 27.1. The van der Waals surface area contributed by atoms with Gasteiger partial charge in [0, 0.05) is 0 Å². The average Bonchev–Trinajstić information content (AvgIpc) is 3.36. The standard InChI is InChI=1S/C30H51BO2.C24H39I/c1-9-10-11-12-15-20-27(24-31-32-29(5,6)30(7,8)33-31)26-21-17-19-25(23-26)18-14-13-16-22-28(2,3)4;1-5-6-7-8-11-16-23(20-25)22-17-13-15-21(19-22)14-10-9-12-18-24(2,3)4/h17,19,21,23-24H,9-16,18,20,22H2,1-8H3;13,15,17,19-20H,5-12,14,16,18H2,1-4H3/b27-24+;23-20+. The molecule has 0 bridgehead atoms. The highest BCUT2D eigenvalue weighted by molar-refractivity contribution is 14.1. The highest BCUT2D eigenvalue weighted by atomic mass is 127. The van der Waals surface area contributed by atoms with E-state index in [1.807, 2.05) is 0 Å². The smallest absolute Gasteiger partial charge is 0.400 e. The zero-order valence-corrected chi connectivity index (χ0v) is 42.3. The van der Waals surface area contributed by atoms with Gasteiger partial charge in [-0.15, -0.1) is 0 Å². The molecule has 0 aliphatic carbocycles. The van der Waals surface area contributed by atoms with Crippen molar-refractivity contribution in [3.8, 4) is 0 Å². The van der Waals surface area contributed by atoms with Crippen LogP contribution in [0.15, 0.2) is 58.6 Å². The quantitative estimate of drug-likeness (QED) is 0.0561. The van der Waals surface area contributed by atoms with Gasteiger partial charge in [-0.25, -0.2) is 0 Å². The maximum atomic E-state index is 6.31. The summed E-state index contributed by atoms with van der Waals surface area (Å²) in [5.41, 5.74) is 8.98. The van der Waals surface area contributed by atoms with E-state index in [9.17, 15) is 0 Å². The number of aryl methyl sites for hydroxylation is 2. The molecule has 1 fully saturated rings. The number of hydrogen-bond acceptors (Lipinski definition) is 2. The topological polar surface area (TPSA) is 18.5 Å². The van der Waals surface area contributed by atoms with Gasteiger partial charge in [-0.1, -0.05) is 210 Å². The van der Waals surface area contributed by atoms with Gasteiger partial charge in [0.25, 0.3) is 0 Å². The molecule has 2 nitrogen and oxygen atoms in total. The van der Waals surface area contributed by atoms with Crippen molar-refractivity contribution in [2.24, 2.45) is 10.8 Å². The van der Waals surface area contributed by atoms with Crippen LogP contribution in [0.3, 0.4) is 0 Å². The van der Waals surface area contributed by atoms with Crippen LogP contribution in [0.1, 0.15) is 234 Å². The second-order valence-corrected chi connectivity index (χ2v) is 21.5. The van der Waals surface area contributed by atoms with Crippen LogP contribution in [0.5, 0.6) is 0 Å². The van der Waals surface area contributed by atoms with Gasteiger partial charge in [0.15, 0.2) is 0 Å². The lowest BCUT2D eigenvalue weighted by atomic mass is 9.82. The van der Waals surface area contributed by atoms with Crippen LogP contribution in [-0.2, 0) is 22.2 Å². The fourth-order valence-electron chi connectivity index (χ4n) is 7.72. The van der Waals surface area contributed by atoms with E-state index in [4.69, 9.17) is 9.31 Å². The van der Waals surface area contributed by atoms with Gasteiger partial charge in [0.05, 0.1) is 11.2 Å². The van der Waals surface area contributed by atoms with Crippen LogP contribution in [0.2, 0.25) is 0 Å². The van der Waals surface area contributed by atoms with Crippen LogP contribution in [0, 0.1) is 10.8 Å².